The van der Waals surface area contributed by atoms with Crippen LogP contribution in [0.3, 0.4) is 0 Å². The van der Waals surface area contributed by atoms with Gasteiger partial charge in [0.1, 0.15) is 5.75 Å². The number of benzene rings is 1. The van der Waals surface area contributed by atoms with Crippen LogP contribution in [0.2, 0.25) is 0 Å². The highest BCUT2D eigenvalue weighted by Gasteiger charge is 2.08. The van der Waals surface area contributed by atoms with E-state index in [0.717, 1.165) is 17.0 Å². The largest absolute Gasteiger partial charge is 0.494 e. The number of thiazole rings is 1. The van der Waals surface area contributed by atoms with Crippen LogP contribution >= 0.6 is 11.3 Å². The normalized spacial score (nSPS) is 10.2. The first-order chi connectivity index (χ1) is 9.19. The SMILES string of the molecule is CCCOc1ccc(C(=O)Nc2ncc(C)s2)cc1. The zero-order chi connectivity index (χ0) is 13.7. The summed E-state index contributed by atoms with van der Waals surface area (Å²) in [7, 11) is 0. The lowest BCUT2D eigenvalue weighted by Crippen LogP contribution is -2.11. The van der Waals surface area contributed by atoms with E-state index in [0.29, 0.717) is 17.3 Å². The second kappa shape index (κ2) is 6.33. The molecule has 0 fully saturated rings. The van der Waals surface area contributed by atoms with Gasteiger partial charge in [-0.3, -0.25) is 10.1 Å². The van der Waals surface area contributed by atoms with Gasteiger partial charge in [-0.05, 0) is 37.6 Å². The molecule has 4 nitrogen and oxygen atoms in total. The van der Waals surface area contributed by atoms with E-state index in [1.54, 1.807) is 30.5 Å². The molecule has 100 valence electrons. The Morgan fingerprint density at radius 1 is 1.37 bits per heavy atom. The maximum atomic E-state index is 12.0. The average Bonchev–Trinajstić information content (AvgIpc) is 2.82. The summed E-state index contributed by atoms with van der Waals surface area (Å²) >= 11 is 1.46. The Kier molecular flexibility index (Phi) is 4.52. The molecule has 0 radical (unpaired) electrons. The van der Waals surface area contributed by atoms with Crippen molar-refractivity contribution in [2.75, 3.05) is 11.9 Å². The molecule has 1 heterocycles. The molecule has 0 aliphatic carbocycles. The smallest absolute Gasteiger partial charge is 0.257 e. The number of aromatic nitrogens is 1. The molecule has 0 saturated heterocycles. The van der Waals surface area contributed by atoms with Crippen molar-refractivity contribution in [3.63, 3.8) is 0 Å². The molecule has 0 unspecified atom stereocenters. The molecule has 1 aromatic heterocycles. The van der Waals surface area contributed by atoms with Crippen molar-refractivity contribution in [3.8, 4) is 5.75 Å². The number of hydrogen-bond donors (Lipinski definition) is 1. The standard InChI is InChI=1S/C14H16N2O2S/c1-3-8-18-12-6-4-11(5-7-12)13(17)16-14-15-9-10(2)19-14/h4-7,9H,3,8H2,1-2H3,(H,15,16,17). The van der Waals surface area contributed by atoms with Gasteiger partial charge in [0.05, 0.1) is 6.61 Å². The van der Waals surface area contributed by atoms with E-state index in [4.69, 9.17) is 4.74 Å². The molecule has 0 aliphatic heterocycles. The van der Waals surface area contributed by atoms with E-state index >= 15 is 0 Å². The third kappa shape index (κ3) is 3.79. The lowest BCUT2D eigenvalue weighted by atomic mass is 10.2. The predicted molar refractivity (Wildman–Crippen MR) is 77.0 cm³/mol. The van der Waals surface area contributed by atoms with Gasteiger partial charge < -0.3 is 4.74 Å². The van der Waals surface area contributed by atoms with E-state index in [1.807, 2.05) is 6.92 Å². The van der Waals surface area contributed by atoms with Crippen LogP contribution in [0.25, 0.3) is 0 Å². The minimum Gasteiger partial charge on any atom is -0.494 e. The first kappa shape index (κ1) is 13.5. The monoisotopic (exact) mass is 276 g/mol. The van der Waals surface area contributed by atoms with Crippen LogP contribution in [-0.4, -0.2) is 17.5 Å². The van der Waals surface area contributed by atoms with Crippen LogP contribution in [0.1, 0.15) is 28.6 Å². The van der Waals surface area contributed by atoms with Gasteiger partial charge in [-0.1, -0.05) is 6.92 Å². The first-order valence-corrected chi connectivity index (χ1v) is 6.97. The molecule has 1 amide bonds. The van der Waals surface area contributed by atoms with E-state index in [9.17, 15) is 4.79 Å². The molecule has 0 atom stereocenters. The molecule has 0 saturated carbocycles. The molecule has 2 aromatic rings. The lowest BCUT2D eigenvalue weighted by molar-refractivity contribution is 0.102. The van der Waals surface area contributed by atoms with E-state index in [-0.39, 0.29) is 5.91 Å². The Balaban J connectivity index is 1.99. The Hall–Kier alpha value is -1.88. The summed E-state index contributed by atoms with van der Waals surface area (Å²) in [5, 5.41) is 3.39. The Morgan fingerprint density at radius 2 is 2.11 bits per heavy atom. The third-order valence-corrected chi connectivity index (χ3v) is 3.26. The third-order valence-electron chi connectivity index (χ3n) is 2.43. The number of aryl methyl sites for hydroxylation is 1. The number of carbonyl (C=O) groups is 1. The number of hydrogen-bond acceptors (Lipinski definition) is 4. The van der Waals surface area contributed by atoms with Gasteiger partial charge in [0.2, 0.25) is 0 Å². The number of carbonyl (C=O) groups excluding carboxylic acids is 1. The van der Waals surface area contributed by atoms with Crippen molar-refractivity contribution in [2.45, 2.75) is 20.3 Å². The zero-order valence-electron chi connectivity index (χ0n) is 11.0. The minimum absolute atomic E-state index is 0.156. The molecule has 0 spiro atoms. The summed E-state index contributed by atoms with van der Waals surface area (Å²) < 4.78 is 5.47. The summed E-state index contributed by atoms with van der Waals surface area (Å²) in [6.07, 6.45) is 2.70. The summed E-state index contributed by atoms with van der Waals surface area (Å²) in [5.74, 6) is 0.625. The van der Waals surface area contributed by atoms with Crippen molar-refractivity contribution in [2.24, 2.45) is 0 Å². The Labute approximate surface area is 116 Å². The molecule has 19 heavy (non-hydrogen) atoms. The molecule has 1 aromatic carbocycles. The highest BCUT2D eigenvalue weighted by molar-refractivity contribution is 7.15. The Morgan fingerprint density at radius 3 is 2.68 bits per heavy atom. The summed E-state index contributed by atoms with van der Waals surface area (Å²) in [4.78, 5) is 17.1. The maximum absolute atomic E-state index is 12.0. The molecule has 2 rings (SSSR count). The summed E-state index contributed by atoms with van der Waals surface area (Å²) in [6, 6.07) is 7.11. The van der Waals surface area contributed by atoms with Gasteiger partial charge in [0.25, 0.3) is 5.91 Å². The predicted octanol–water partition coefficient (Wildman–Crippen LogP) is 3.49. The lowest BCUT2D eigenvalue weighted by Gasteiger charge is -2.05. The molecule has 1 N–H and O–H groups in total. The van der Waals surface area contributed by atoms with Gasteiger partial charge in [0, 0.05) is 16.6 Å². The number of rotatable bonds is 5. The number of nitrogens with one attached hydrogen (secondary N) is 1. The van der Waals surface area contributed by atoms with Crippen LogP contribution < -0.4 is 10.1 Å². The van der Waals surface area contributed by atoms with Crippen LogP contribution in [0.15, 0.2) is 30.5 Å². The highest BCUT2D eigenvalue weighted by Crippen LogP contribution is 2.18. The number of amides is 1. The van der Waals surface area contributed by atoms with Gasteiger partial charge in [-0.25, -0.2) is 4.98 Å². The van der Waals surface area contributed by atoms with Crippen molar-refractivity contribution in [1.82, 2.24) is 4.98 Å². The minimum atomic E-state index is -0.156. The van der Waals surface area contributed by atoms with Gasteiger partial charge in [-0.15, -0.1) is 11.3 Å². The van der Waals surface area contributed by atoms with E-state index < -0.39 is 0 Å². The summed E-state index contributed by atoms with van der Waals surface area (Å²) in [5.41, 5.74) is 0.594. The second-order valence-electron chi connectivity index (χ2n) is 4.10. The zero-order valence-corrected chi connectivity index (χ0v) is 11.8. The summed E-state index contributed by atoms with van der Waals surface area (Å²) in [6.45, 7) is 4.69. The van der Waals surface area contributed by atoms with Crippen molar-refractivity contribution in [1.29, 1.82) is 0 Å². The fraction of sp³-hybridized carbons (Fsp3) is 0.286. The average molecular weight is 276 g/mol. The van der Waals surface area contributed by atoms with Gasteiger partial charge >= 0.3 is 0 Å². The van der Waals surface area contributed by atoms with Crippen molar-refractivity contribution in [3.05, 3.63) is 40.9 Å². The molecule has 0 bridgehead atoms. The van der Waals surface area contributed by atoms with Crippen molar-refractivity contribution < 1.29 is 9.53 Å². The number of ether oxygens (including phenoxy) is 1. The highest BCUT2D eigenvalue weighted by atomic mass is 32.1. The number of nitrogens with zero attached hydrogens (tertiary/aromatic N) is 1. The van der Waals surface area contributed by atoms with Crippen LogP contribution in [0.4, 0.5) is 5.13 Å². The topological polar surface area (TPSA) is 51.2 Å². The fourth-order valence-electron chi connectivity index (χ4n) is 1.50. The number of anilines is 1. The van der Waals surface area contributed by atoms with Crippen molar-refractivity contribution >= 4 is 22.4 Å². The van der Waals surface area contributed by atoms with Gasteiger partial charge in [0.15, 0.2) is 5.13 Å². The Bertz CT molecular complexity index is 549. The van der Waals surface area contributed by atoms with E-state index in [1.165, 1.54) is 11.3 Å². The van der Waals surface area contributed by atoms with Crippen LogP contribution in [0.5, 0.6) is 5.75 Å². The second-order valence-corrected chi connectivity index (χ2v) is 5.34. The quantitative estimate of drug-likeness (QED) is 0.909. The molecule has 0 aliphatic rings. The fourth-order valence-corrected chi connectivity index (χ4v) is 2.16. The van der Waals surface area contributed by atoms with Crippen LogP contribution in [0, 0.1) is 6.92 Å². The maximum Gasteiger partial charge on any atom is 0.257 e. The van der Waals surface area contributed by atoms with E-state index in [2.05, 4.69) is 17.2 Å². The first-order valence-electron chi connectivity index (χ1n) is 6.15. The molecule has 5 heteroatoms. The molecular weight excluding hydrogens is 260 g/mol. The van der Waals surface area contributed by atoms with Gasteiger partial charge in [-0.2, -0.15) is 0 Å². The van der Waals surface area contributed by atoms with Crippen LogP contribution in [-0.2, 0) is 0 Å². The molecular formula is C14H16N2O2S.